The van der Waals surface area contributed by atoms with Crippen LogP contribution in [-0.2, 0) is 0 Å². The summed E-state index contributed by atoms with van der Waals surface area (Å²) in [4.78, 5) is 11.8. The van der Waals surface area contributed by atoms with Gasteiger partial charge in [-0.3, -0.25) is 5.43 Å². The molecule has 0 radical (unpaired) electrons. The summed E-state index contributed by atoms with van der Waals surface area (Å²) in [6.45, 7) is 2.12. The van der Waals surface area contributed by atoms with Crippen LogP contribution in [0.1, 0.15) is 12.8 Å². The fraction of sp³-hybridized carbons (Fsp3) is 0.500. The molecule has 1 aliphatic rings. The van der Waals surface area contributed by atoms with Crippen molar-refractivity contribution in [1.82, 2.24) is 14.9 Å². The smallest absolute Gasteiger partial charge is 0.241 e. The van der Waals surface area contributed by atoms with Crippen LogP contribution >= 0.6 is 11.3 Å². The number of nitrogens with one attached hydrogen (secondary N) is 1. The van der Waals surface area contributed by atoms with Crippen molar-refractivity contribution in [3.63, 3.8) is 0 Å². The highest BCUT2D eigenvalue weighted by Crippen LogP contribution is 2.29. The van der Waals surface area contributed by atoms with E-state index >= 15 is 0 Å². The van der Waals surface area contributed by atoms with Crippen LogP contribution < -0.4 is 16.0 Å². The number of hydrogen-bond donors (Lipinski definition) is 2. The standard InChI is InChI=1S/C12H17N5OS/c1-17-5-2-8(3-6-17)18-10-9-4-7-19-11(9)15-12(14-10)16-13/h4,7-8H,2-3,5-6,13H2,1H3,(H,14,15,16). The molecule has 0 amide bonds. The van der Waals surface area contributed by atoms with Crippen molar-refractivity contribution in [2.45, 2.75) is 18.9 Å². The molecule has 0 aromatic carbocycles. The lowest BCUT2D eigenvalue weighted by Gasteiger charge is -2.29. The van der Waals surface area contributed by atoms with Crippen molar-refractivity contribution < 1.29 is 4.74 Å². The van der Waals surface area contributed by atoms with Crippen LogP contribution in [-0.4, -0.2) is 41.1 Å². The van der Waals surface area contributed by atoms with Crippen molar-refractivity contribution in [2.24, 2.45) is 5.84 Å². The molecule has 6 nitrogen and oxygen atoms in total. The van der Waals surface area contributed by atoms with Crippen molar-refractivity contribution in [3.05, 3.63) is 11.4 Å². The third kappa shape index (κ3) is 2.63. The van der Waals surface area contributed by atoms with E-state index in [4.69, 9.17) is 10.6 Å². The van der Waals surface area contributed by atoms with Gasteiger partial charge in [-0.15, -0.1) is 11.3 Å². The number of piperidine rings is 1. The van der Waals surface area contributed by atoms with E-state index < -0.39 is 0 Å². The van der Waals surface area contributed by atoms with Gasteiger partial charge >= 0.3 is 0 Å². The molecule has 102 valence electrons. The molecule has 0 unspecified atom stereocenters. The lowest BCUT2D eigenvalue weighted by molar-refractivity contribution is 0.111. The normalized spacial score (nSPS) is 17.8. The molecule has 3 heterocycles. The number of hydrazine groups is 1. The quantitative estimate of drug-likeness (QED) is 0.654. The second kappa shape index (κ2) is 5.28. The van der Waals surface area contributed by atoms with Gasteiger partial charge in [0, 0.05) is 13.1 Å². The van der Waals surface area contributed by atoms with E-state index in [9.17, 15) is 0 Å². The first-order valence-electron chi connectivity index (χ1n) is 6.33. The maximum absolute atomic E-state index is 6.05. The van der Waals surface area contributed by atoms with Crippen LogP contribution in [0.25, 0.3) is 10.2 Å². The zero-order chi connectivity index (χ0) is 13.2. The monoisotopic (exact) mass is 279 g/mol. The Morgan fingerprint density at radius 2 is 2.21 bits per heavy atom. The Morgan fingerprint density at radius 3 is 2.95 bits per heavy atom. The minimum Gasteiger partial charge on any atom is -0.474 e. The Morgan fingerprint density at radius 1 is 1.42 bits per heavy atom. The highest BCUT2D eigenvalue weighted by molar-refractivity contribution is 7.16. The second-order valence-corrected chi connectivity index (χ2v) is 5.65. The summed E-state index contributed by atoms with van der Waals surface area (Å²) >= 11 is 1.56. The zero-order valence-corrected chi connectivity index (χ0v) is 11.6. The first-order chi connectivity index (χ1) is 9.26. The van der Waals surface area contributed by atoms with Crippen LogP contribution in [0.15, 0.2) is 11.4 Å². The van der Waals surface area contributed by atoms with Gasteiger partial charge in [0.1, 0.15) is 10.9 Å². The van der Waals surface area contributed by atoms with E-state index in [1.165, 1.54) is 0 Å². The number of likely N-dealkylation sites (tertiary alicyclic amines) is 1. The van der Waals surface area contributed by atoms with E-state index in [1.807, 2.05) is 11.4 Å². The molecule has 3 N–H and O–H groups in total. The van der Waals surface area contributed by atoms with Gasteiger partial charge in [0.25, 0.3) is 0 Å². The summed E-state index contributed by atoms with van der Waals surface area (Å²) in [5.41, 5.74) is 2.49. The van der Waals surface area contributed by atoms with Gasteiger partial charge in [-0.05, 0) is 31.3 Å². The first kappa shape index (κ1) is 12.6. The first-order valence-corrected chi connectivity index (χ1v) is 7.21. The van der Waals surface area contributed by atoms with Crippen molar-refractivity contribution in [3.8, 4) is 5.88 Å². The molecule has 0 bridgehead atoms. The topological polar surface area (TPSA) is 76.3 Å². The Bertz CT molecular complexity index is 564. The third-order valence-corrected chi connectivity index (χ3v) is 4.17. The fourth-order valence-electron chi connectivity index (χ4n) is 2.24. The number of ether oxygens (including phenoxy) is 1. The van der Waals surface area contributed by atoms with E-state index in [2.05, 4.69) is 27.3 Å². The van der Waals surface area contributed by atoms with Crippen LogP contribution in [0.3, 0.4) is 0 Å². The van der Waals surface area contributed by atoms with E-state index in [1.54, 1.807) is 11.3 Å². The molecule has 2 aromatic rings. The number of nitrogens with two attached hydrogens (primary N) is 1. The van der Waals surface area contributed by atoms with Crippen LogP contribution in [0, 0.1) is 0 Å². The van der Waals surface area contributed by atoms with Crippen LogP contribution in [0.5, 0.6) is 5.88 Å². The fourth-order valence-corrected chi connectivity index (χ4v) is 3.00. The number of aromatic nitrogens is 2. The molecule has 0 atom stereocenters. The van der Waals surface area contributed by atoms with Gasteiger partial charge in [0.2, 0.25) is 11.8 Å². The maximum atomic E-state index is 6.05. The number of rotatable bonds is 3. The van der Waals surface area contributed by atoms with E-state index in [-0.39, 0.29) is 6.10 Å². The summed E-state index contributed by atoms with van der Waals surface area (Å²) in [5, 5.41) is 2.95. The van der Waals surface area contributed by atoms with Crippen molar-refractivity contribution in [1.29, 1.82) is 0 Å². The summed E-state index contributed by atoms with van der Waals surface area (Å²) < 4.78 is 6.05. The molecular weight excluding hydrogens is 262 g/mol. The molecule has 0 aliphatic carbocycles. The van der Waals surface area contributed by atoms with Gasteiger partial charge in [-0.25, -0.2) is 10.8 Å². The molecular formula is C12H17N5OS. The Hall–Kier alpha value is -1.44. The predicted molar refractivity (Wildman–Crippen MR) is 76.4 cm³/mol. The molecule has 1 fully saturated rings. The summed E-state index contributed by atoms with van der Waals surface area (Å²) in [6, 6.07) is 1.99. The minimum atomic E-state index is 0.222. The van der Waals surface area contributed by atoms with Crippen molar-refractivity contribution in [2.75, 3.05) is 25.6 Å². The van der Waals surface area contributed by atoms with Gasteiger partial charge in [0.05, 0.1) is 5.39 Å². The number of fused-ring (bicyclic) bond motifs is 1. The van der Waals surface area contributed by atoms with Crippen LogP contribution in [0.4, 0.5) is 5.95 Å². The average molecular weight is 279 g/mol. The molecule has 0 spiro atoms. The second-order valence-electron chi connectivity index (χ2n) is 4.76. The van der Waals surface area contributed by atoms with E-state index in [0.717, 1.165) is 36.1 Å². The molecule has 7 heteroatoms. The molecule has 1 aliphatic heterocycles. The van der Waals surface area contributed by atoms with Crippen molar-refractivity contribution >= 4 is 27.5 Å². The van der Waals surface area contributed by atoms with Gasteiger partial charge in [-0.2, -0.15) is 4.98 Å². The maximum Gasteiger partial charge on any atom is 0.241 e. The summed E-state index contributed by atoms with van der Waals surface area (Å²) in [6.07, 6.45) is 2.27. The number of nitrogens with zero attached hydrogens (tertiary/aromatic N) is 3. The highest BCUT2D eigenvalue weighted by atomic mass is 32.1. The zero-order valence-electron chi connectivity index (χ0n) is 10.8. The number of anilines is 1. The molecule has 2 aromatic heterocycles. The predicted octanol–water partition coefficient (Wildman–Crippen LogP) is 1.45. The number of thiophene rings is 1. The third-order valence-electron chi connectivity index (χ3n) is 3.36. The Kier molecular flexibility index (Phi) is 3.50. The lowest BCUT2D eigenvalue weighted by Crippen LogP contribution is -2.35. The number of nitrogen functional groups attached to an aromatic ring is 1. The highest BCUT2D eigenvalue weighted by Gasteiger charge is 2.20. The summed E-state index contributed by atoms with van der Waals surface area (Å²) in [7, 11) is 2.13. The summed E-state index contributed by atoms with van der Waals surface area (Å²) in [5.74, 6) is 6.43. The van der Waals surface area contributed by atoms with E-state index in [0.29, 0.717) is 11.8 Å². The molecule has 0 saturated carbocycles. The Balaban J connectivity index is 1.85. The molecule has 1 saturated heterocycles. The molecule has 3 rings (SSSR count). The molecule has 19 heavy (non-hydrogen) atoms. The average Bonchev–Trinajstić information content (AvgIpc) is 2.89. The Labute approximate surface area is 115 Å². The number of hydrogen-bond acceptors (Lipinski definition) is 7. The van der Waals surface area contributed by atoms with Crippen LogP contribution in [0.2, 0.25) is 0 Å². The van der Waals surface area contributed by atoms with Gasteiger partial charge < -0.3 is 9.64 Å². The van der Waals surface area contributed by atoms with Gasteiger partial charge in [0.15, 0.2) is 0 Å². The van der Waals surface area contributed by atoms with Gasteiger partial charge in [-0.1, -0.05) is 0 Å². The SMILES string of the molecule is CN1CCC(Oc2nc(NN)nc3sccc23)CC1. The largest absolute Gasteiger partial charge is 0.474 e. The lowest BCUT2D eigenvalue weighted by atomic mass is 10.1. The minimum absolute atomic E-state index is 0.222.